The van der Waals surface area contributed by atoms with E-state index in [1.54, 1.807) is 6.92 Å². The molecule has 0 aliphatic rings. The topological polar surface area (TPSA) is 38.9 Å². The van der Waals surface area contributed by atoms with Crippen LogP contribution in [0.3, 0.4) is 0 Å². The van der Waals surface area contributed by atoms with E-state index in [2.05, 4.69) is 40.5 Å². The number of allylic oxidation sites excluding steroid dienone is 1. The summed E-state index contributed by atoms with van der Waals surface area (Å²) in [5.74, 6) is 1.10. The van der Waals surface area contributed by atoms with Crippen LogP contribution in [0.4, 0.5) is 0 Å². The molecule has 0 atom stereocenters. The van der Waals surface area contributed by atoms with Crippen LogP contribution < -0.4 is 0 Å². The van der Waals surface area contributed by atoms with Gasteiger partial charge < -0.3 is 4.42 Å². The molecule has 0 fully saturated rings. The smallest absolute Gasteiger partial charge is 0.240 e. The van der Waals surface area contributed by atoms with Crippen molar-refractivity contribution in [3.63, 3.8) is 0 Å². The van der Waals surface area contributed by atoms with Gasteiger partial charge in [0.1, 0.15) is 0 Å². The van der Waals surface area contributed by atoms with Crippen LogP contribution in [0, 0.1) is 6.92 Å². The fourth-order valence-electron chi connectivity index (χ4n) is 1.46. The van der Waals surface area contributed by atoms with E-state index in [-0.39, 0.29) is 0 Å². The van der Waals surface area contributed by atoms with Gasteiger partial charge in [-0.25, -0.2) is 0 Å². The van der Waals surface area contributed by atoms with Crippen molar-refractivity contribution >= 4 is 18.2 Å². The van der Waals surface area contributed by atoms with Crippen molar-refractivity contribution < 1.29 is 4.42 Å². The zero-order chi connectivity index (χ0) is 12.1. The summed E-state index contributed by atoms with van der Waals surface area (Å²) in [7, 11) is 0. The number of hydrogen-bond donors (Lipinski definition) is 0. The van der Waals surface area contributed by atoms with Gasteiger partial charge in [0.05, 0.1) is 0 Å². The van der Waals surface area contributed by atoms with Gasteiger partial charge in [0.25, 0.3) is 0 Å². The van der Waals surface area contributed by atoms with E-state index in [1.165, 1.54) is 5.56 Å². The number of nitrogens with zero attached hydrogens (tertiary/aromatic N) is 2. The van der Waals surface area contributed by atoms with Crippen molar-refractivity contribution in [3.8, 4) is 0 Å². The first-order valence-corrected chi connectivity index (χ1v) is 5.49. The van der Waals surface area contributed by atoms with Crippen molar-refractivity contribution in [2.75, 3.05) is 0 Å². The largest absolute Gasteiger partial charge is 0.422 e. The van der Waals surface area contributed by atoms with E-state index in [0.29, 0.717) is 11.8 Å². The van der Waals surface area contributed by atoms with Crippen LogP contribution in [0.5, 0.6) is 0 Å². The molecule has 2 aromatic rings. The van der Waals surface area contributed by atoms with Crippen molar-refractivity contribution in [3.05, 3.63) is 53.2 Å². The van der Waals surface area contributed by atoms with E-state index in [4.69, 9.17) is 4.42 Å². The summed E-state index contributed by atoms with van der Waals surface area (Å²) in [4.78, 5) is 0. The van der Waals surface area contributed by atoms with Crippen LogP contribution >= 0.6 is 0 Å². The van der Waals surface area contributed by atoms with E-state index in [9.17, 15) is 0 Å². The minimum Gasteiger partial charge on any atom is -0.422 e. The lowest BCUT2D eigenvalue weighted by molar-refractivity contribution is 0.510. The molecule has 0 N–H and O–H groups in total. The fourth-order valence-corrected chi connectivity index (χ4v) is 1.46. The lowest BCUT2D eigenvalue weighted by atomic mass is 10.1. The maximum atomic E-state index is 5.25. The summed E-state index contributed by atoms with van der Waals surface area (Å²) >= 11 is 0. The summed E-state index contributed by atoms with van der Waals surface area (Å²) in [5.41, 5.74) is 2.30. The molecule has 1 aromatic heterocycles. The van der Waals surface area contributed by atoms with E-state index < -0.39 is 0 Å². The van der Waals surface area contributed by atoms with Gasteiger partial charge in [0.15, 0.2) is 0 Å². The van der Waals surface area contributed by atoms with E-state index in [1.807, 2.05) is 25.2 Å². The molecule has 3 heteroatoms. The number of hydrogen-bond acceptors (Lipinski definition) is 3. The molecular weight excluding hydrogens is 212 g/mol. The Balaban J connectivity index is 2.11. The second kappa shape index (κ2) is 5.25. The highest BCUT2D eigenvalue weighted by atomic mass is 16.4. The molecule has 86 valence electrons. The summed E-state index contributed by atoms with van der Waals surface area (Å²) in [5, 5.41) is 7.65. The molecule has 0 spiro atoms. The summed E-state index contributed by atoms with van der Waals surface area (Å²) in [6.45, 7) is 3.78. The molecule has 1 heterocycles. The lowest BCUT2D eigenvalue weighted by Crippen LogP contribution is -1.75. The highest BCUT2D eigenvalue weighted by molar-refractivity contribution is 5.66. The SMILES string of the molecule is CC=Cc1ccc(C=Cc2nnc(C)o2)cc1. The van der Waals surface area contributed by atoms with Crippen molar-refractivity contribution in [2.24, 2.45) is 0 Å². The molecule has 2 rings (SSSR count). The van der Waals surface area contributed by atoms with Crippen LogP contribution in [-0.2, 0) is 0 Å². The van der Waals surface area contributed by atoms with Crippen LogP contribution in [0.15, 0.2) is 34.8 Å². The number of rotatable bonds is 3. The van der Waals surface area contributed by atoms with Gasteiger partial charge in [0.2, 0.25) is 11.8 Å². The second-order valence-corrected chi connectivity index (χ2v) is 3.66. The lowest BCUT2D eigenvalue weighted by Gasteiger charge is -1.94. The molecule has 0 saturated heterocycles. The van der Waals surface area contributed by atoms with Gasteiger partial charge in [-0.1, -0.05) is 36.4 Å². The molecule has 17 heavy (non-hydrogen) atoms. The van der Waals surface area contributed by atoms with Crippen molar-refractivity contribution in [1.29, 1.82) is 0 Å². The zero-order valence-corrected chi connectivity index (χ0v) is 9.92. The molecular formula is C14H14N2O. The Morgan fingerprint density at radius 1 is 0.941 bits per heavy atom. The Morgan fingerprint density at radius 3 is 2.12 bits per heavy atom. The number of benzene rings is 1. The van der Waals surface area contributed by atoms with Gasteiger partial charge in [-0.15, -0.1) is 10.2 Å². The monoisotopic (exact) mass is 226 g/mol. The molecule has 1 aromatic carbocycles. The van der Waals surface area contributed by atoms with Gasteiger partial charge >= 0.3 is 0 Å². The number of aromatic nitrogens is 2. The summed E-state index contributed by atoms with van der Waals surface area (Å²) in [6, 6.07) is 8.24. The zero-order valence-electron chi connectivity index (χ0n) is 9.92. The highest BCUT2D eigenvalue weighted by Gasteiger charge is 1.96. The molecule has 3 nitrogen and oxygen atoms in total. The molecule has 0 radical (unpaired) electrons. The van der Waals surface area contributed by atoms with Crippen LogP contribution in [-0.4, -0.2) is 10.2 Å². The third-order valence-corrected chi connectivity index (χ3v) is 2.26. The summed E-state index contributed by atoms with van der Waals surface area (Å²) in [6.07, 6.45) is 7.85. The average molecular weight is 226 g/mol. The third-order valence-electron chi connectivity index (χ3n) is 2.26. The third kappa shape index (κ3) is 3.14. The molecule has 0 aliphatic heterocycles. The van der Waals surface area contributed by atoms with Crippen LogP contribution in [0.25, 0.3) is 18.2 Å². The average Bonchev–Trinajstić information content (AvgIpc) is 2.75. The first-order valence-electron chi connectivity index (χ1n) is 5.49. The van der Waals surface area contributed by atoms with Gasteiger partial charge in [-0.2, -0.15) is 0 Å². The van der Waals surface area contributed by atoms with E-state index >= 15 is 0 Å². The second-order valence-electron chi connectivity index (χ2n) is 3.66. The first-order chi connectivity index (χ1) is 8.28. The molecule has 0 aliphatic carbocycles. The fraction of sp³-hybridized carbons (Fsp3) is 0.143. The quantitative estimate of drug-likeness (QED) is 0.802. The van der Waals surface area contributed by atoms with Crippen LogP contribution in [0.2, 0.25) is 0 Å². The maximum Gasteiger partial charge on any atom is 0.240 e. The Hall–Kier alpha value is -2.16. The first kappa shape index (κ1) is 11.3. The van der Waals surface area contributed by atoms with Crippen LogP contribution in [0.1, 0.15) is 29.8 Å². The van der Waals surface area contributed by atoms with Gasteiger partial charge in [-0.05, 0) is 24.1 Å². The predicted octanol–water partition coefficient (Wildman–Crippen LogP) is 3.58. The predicted molar refractivity (Wildman–Crippen MR) is 69.1 cm³/mol. The Morgan fingerprint density at radius 2 is 1.59 bits per heavy atom. The van der Waals surface area contributed by atoms with Gasteiger partial charge in [-0.3, -0.25) is 0 Å². The van der Waals surface area contributed by atoms with Gasteiger partial charge in [0, 0.05) is 13.0 Å². The Kier molecular flexibility index (Phi) is 3.50. The summed E-state index contributed by atoms with van der Waals surface area (Å²) < 4.78 is 5.25. The number of aryl methyl sites for hydroxylation is 1. The maximum absolute atomic E-state index is 5.25. The molecule has 0 amide bonds. The minimum atomic E-state index is 0.528. The van der Waals surface area contributed by atoms with E-state index in [0.717, 1.165) is 5.56 Å². The van der Waals surface area contributed by atoms with Crippen molar-refractivity contribution in [2.45, 2.75) is 13.8 Å². The standard InChI is InChI=1S/C14H14N2O/c1-3-4-12-5-7-13(8-6-12)9-10-14-16-15-11(2)17-14/h3-10H,1-2H3. The normalized spacial score (nSPS) is 11.6. The minimum absolute atomic E-state index is 0.528. The molecule has 0 bridgehead atoms. The van der Waals surface area contributed by atoms with Crippen molar-refractivity contribution in [1.82, 2.24) is 10.2 Å². The molecule has 0 saturated carbocycles. The highest BCUT2D eigenvalue weighted by Crippen LogP contribution is 2.10. The molecule has 0 unspecified atom stereocenters. The Labute approximate surface area is 101 Å². The Bertz CT molecular complexity index is 536.